The van der Waals surface area contributed by atoms with E-state index in [-0.39, 0.29) is 11.3 Å². The summed E-state index contributed by atoms with van der Waals surface area (Å²) in [7, 11) is 0. The number of anilines is 1. The molecule has 1 aliphatic heterocycles. The quantitative estimate of drug-likeness (QED) is 0.804. The summed E-state index contributed by atoms with van der Waals surface area (Å²) in [5, 5.41) is 15.3. The molecule has 0 aromatic heterocycles. The monoisotopic (exact) mass is 269 g/mol. The van der Waals surface area contributed by atoms with Crippen LogP contribution in [0.3, 0.4) is 0 Å². The van der Waals surface area contributed by atoms with Gasteiger partial charge in [-0.15, -0.1) is 0 Å². The van der Waals surface area contributed by atoms with E-state index in [1.165, 1.54) is 11.1 Å². The maximum atomic E-state index is 11.3. The van der Waals surface area contributed by atoms with Gasteiger partial charge in [0, 0.05) is 18.7 Å². The first-order valence-electron chi connectivity index (χ1n) is 7.24. The van der Waals surface area contributed by atoms with E-state index in [0.717, 1.165) is 44.5 Å². The molecule has 0 bridgehead atoms. The smallest absolute Gasteiger partial charge is 0.224 e. The molecule has 1 amide bonds. The third-order valence-corrected chi connectivity index (χ3v) is 4.21. The van der Waals surface area contributed by atoms with Crippen molar-refractivity contribution in [1.29, 1.82) is 5.26 Å². The topological polar surface area (TPSA) is 64.9 Å². The Morgan fingerprint density at radius 1 is 1.35 bits per heavy atom. The number of nitrogens with one attached hydrogen (secondary N) is 2. The highest BCUT2D eigenvalue weighted by atomic mass is 16.1. The second-order valence-corrected chi connectivity index (χ2v) is 5.86. The van der Waals surface area contributed by atoms with Gasteiger partial charge in [0.25, 0.3) is 0 Å². The Morgan fingerprint density at radius 3 is 2.95 bits per heavy atom. The predicted octanol–water partition coefficient (Wildman–Crippen LogP) is 2.01. The van der Waals surface area contributed by atoms with Crippen molar-refractivity contribution in [1.82, 2.24) is 5.32 Å². The summed E-state index contributed by atoms with van der Waals surface area (Å²) in [5.74, 6) is 0.109. The molecule has 1 aromatic carbocycles. The standard InChI is InChI=1S/C16H19N3O/c17-10-16(6-7-16)11-18-8-5-12-1-3-14-13(9-12)2-4-15(20)19-14/h1,3,9,18H,2,4-8,11H2,(H,19,20). The second-order valence-electron chi connectivity index (χ2n) is 5.86. The van der Waals surface area contributed by atoms with Crippen LogP contribution in [0, 0.1) is 16.7 Å². The molecule has 104 valence electrons. The second kappa shape index (κ2) is 5.26. The van der Waals surface area contributed by atoms with E-state index in [9.17, 15) is 4.79 Å². The van der Waals surface area contributed by atoms with E-state index < -0.39 is 0 Å². The average molecular weight is 269 g/mol. The first-order valence-corrected chi connectivity index (χ1v) is 7.24. The lowest BCUT2D eigenvalue weighted by Crippen LogP contribution is -2.25. The summed E-state index contributed by atoms with van der Waals surface area (Å²) in [6.07, 6.45) is 4.45. The van der Waals surface area contributed by atoms with Gasteiger partial charge in [-0.25, -0.2) is 0 Å². The number of rotatable bonds is 5. The van der Waals surface area contributed by atoms with Crippen LogP contribution >= 0.6 is 0 Å². The van der Waals surface area contributed by atoms with Crippen molar-refractivity contribution in [3.05, 3.63) is 29.3 Å². The lowest BCUT2D eigenvalue weighted by molar-refractivity contribution is -0.116. The molecule has 3 rings (SSSR count). The molecule has 2 aliphatic rings. The number of benzene rings is 1. The molecule has 0 saturated heterocycles. The summed E-state index contributed by atoms with van der Waals surface area (Å²) in [6, 6.07) is 8.65. The highest BCUT2D eigenvalue weighted by Gasteiger charge is 2.42. The van der Waals surface area contributed by atoms with E-state index in [4.69, 9.17) is 5.26 Å². The van der Waals surface area contributed by atoms with Crippen molar-refractivity contribution in [2.75, 3.05) is 18.4 Å². The van der Waals surface area contributed by atoms with Crippen LogP contribution in [0.5, 0.6) is 0 Å². The van der Waals surface area contributed by atoms with Gasteiger partial charge < -0.3 is 10.6 Å². The normalized spacial score (nSPS) is 18.9. The SMILES string of the molecule is N#CC1(CNCCc2ccc3c(c2)CCC(=O)N3)CC1. The zero-order valence-corrected chi connectivity index (χ0v) is 11.5. The highest BCUT2D eigenvalue weighted by Crippen LogP contribution is 2.43. The number of hydrogen-bond donors (Lipinski definition) is 2. The highest BCUT2D eigenvalue weighted by molar-refractivity contribution is 5.93. The van der Waals surface area contributed by atoms with Gasteiger partial charge in [-0.3, -0.25) is 4.79 Å². The van der Waals surface area contributed by atoms with E-state index >= 15 is 0 Å². The number of carbonyl (C=O) groups excluding carboxylic acids is 1. The first-order chi connectivity index (χ1) is 9.71. The van der Waals surface area contributed by atoms with E-state index in [0.29, 0.717) is 6.42 Å². The Kier molecular flexibility index (Phi) is 3.45. The van der Waals surface area contributed by atoms with Crippen LogP contribution in [0.4, 0.5) is 5.69 Å². The third-order valence-electron chi connectivity index (χ3n) is 4.21. The van der Waals surface area contributed by atoms with Crippen LogP contribution in [0.15, 0.2) is 18.2 Å². The summed E-state index contributed by atoms with van der Waals surface area (Å²) in [6.45, 7) is 1.71. The van der Waals surface area contributed by atoms with Crippen molar-refractivity contribution in [3.63, 3.8) is 0 Å². The largest absolute Gasteiger partial charge is 0.326 e. The lowest BCUT2D eigenvalue weighted by atomic mass is 9.99. The molecule has 2 N–H and O–H groups in total. The lowest BCUT2D eigenvalue weighted by Gasteiger charge is -2.17. The Balaban J connectivity index is 1.51. The summed E-state index contributed by atoms with van der Waals surface area (Å²) >= 11 is 0. The van der Waals surface area contributed by atoms with Gasteiger partial charge in [0.2, 0.25) is 5.91 Å². The number of amides is 1. The van der Waals surface area contributed by atoms with Crippen LogP contribution < -0.4 is 10.6 Å². The minimum absolute atomic E-state index is 0.0693. The van der Waals surface area contributed by atoms with Gasteiger partial charge in [-0.1, -0.05) is 12.1 Å². The molecule has 1 aliphatic carbocycles. The number of carbonyl (C=O) groups is 1. The minimum atomic E-state index is -0.0693. The number of hydrogen-bond acceptors (Lipinski definition) is 3. The average Bonchev–Trinajstić information content (AvgIpc) is 3.24. The molecule has 1 heterocycles. The number of nitrogens with zero attached hydrogens (tertiary/aromatic N) is 1. The van der Waals surface area contributed by atoms with Crippen LogP contribution in [0.1, 0.15) is 30.4 Å². The molecule has 0 atom stereocenters. The van der Waals surface area contributed by atoms with Crippen LogP contribution in [0.2, 0.25) is 0 Å². The molecule has 0 spiro atoms. The van der Waals surface area contributed by atoms with Gasteiger partial charge in [0.1, 0.15) is 0 Å². The fraction of sp³-hybridized carbons (Fsp3) is 0.500. The Labute approximate surface area is 119 Å². The fourth-order valence-electron chi connectivity index (χ4n) is 2.63. The van der Waals surface area contributed by atoms with Gasteiger partial charge in [-0.2, -0.15) is 5.26 Å². The van der Waals surface area contributed by atoms with Crippen LogP contribution in [0.25, 0.3) is 0 Å². The van der Waals surface area contributed by atoms with E-state index in [2.05, 4.69) is 28.8 Å². The Bertz CT molecular complexity index is 570. The summed E-state index contributed by atoms with van der Waals surface area (Å²) < 4.78 is 0. The van der Waals surface area contributed by atoms with Gasteiger partial charge >= 0.3 is 0 Å². The van der Waals surface area contributed by atoms with Crippen molar-refractivity contribution < 1.29 is 4.79 Å². The van der Waals surface area contributed by atoms with E-state index in [1.54, 1.807) is 0 Å². The van der Waals surface area contributed by atoms with Crippen molar-refractivity contribution in [2.24, 2.45) is 5.41 Å². The maximum Gasteiger partial charge on any atom is 0.224 e. The van der Waals surface area contributed by atoms with Crippen LogP contribution in [-0.4, -0.2) is 19.0 Å². The zero-order valence-electron chi connectivity index (χ0n) is 11.5. The first kappa shape index (κ1) is 13.1. The zero-order chi connectivity index (χ0) is 14.0. The molecule has 1 aromatic rings. The summed E-state index contributed by atoms with van der Waals surface area (Å²) in [4.78, 5) is 11.3. The molecule has 1 fully saturated rings. The van der Waals surface area contributed by atoms with Gasteiger partial charge in [-0.05, 0) is 49.4 Å². The molecule has 4 nitrogen and oxygen atoms in total. The molecule has 1 saturated carbocycles. The molecule has 4 heteroatoms. The van der Waals surface area contributed by atoms with Crippen LogP contribution in [-0.2, 0) is 17.6 Å². The Hall–Kier alpha value is -1.86. The minimum Gasteiger partial charge on any atom is -0.326 e. The number of aryl methyl sites for hydroxylation is 1. The van der Waals surface area contributed by atoms with Crippen molar-refractivity contribution in [2.45, 2.75) is 32.1 Å². The fourth-order valence-corrected chi connectivity index (χ4v) is 2.63. The Morgan fingerprint density at radius 2 is 2.20 bits per heavy atom. The molecule has 0 unspecified atom stereocenters. The third kappa shape index (κ3) is 2.83. The molecular weight excluding hydrogens is 250 g/mol. The number of nitriles is 1. The molecular formula is C16H19N3O. The molecule has 0 radical (unpaired) electrons. The van der Waals surface area contributed by atoms with Crippen molar-refractivity contribution in [3.8, 4) is 6.07 Å². The maximum absolute atomic E-state index is 11.3. The predicted molar refractivity (Wildman–Crippen MR) is 77.2 cm³/mol. The molecule has 20 heavy (non-hydrogen) atoms. The van der Waals surface area contributed by atoms with Crippen molar-refractivity contribution >= 4 is 11.6 Å². The summed E-state index contributed by atoms with van der Waals surface area (Å²) in [5.41, 5.74) is 3.41. The van der Waals surface area contributed by atoms with E-state index in [1.807, 2.05) is 6.07 Å². The van der Waals surface area contributed by atoms with Gasteiger partial charge in [0.15, 0.2) is 0 Å². The van der Waals surface area contributed by atoms with Gasteiger partial charge in [0.05, 0.1) is 11.5 Å². The number of fused-ring (bicyclic) bond motifs is 1.